The monoisotopic (exact) mass is 654 g/mol. The second-order valence-corrected chi connectivity index (χ2v) is 12.6. The summed E-state index contributed by atoms with van der Waals surface area (Å²) in [6, 6.07) is 12.8. The fourth-order valence-electron chi connectivity index (χ4n) is 4.08. The standard InChI is InChI=1S/C15H15ClFN3O3S2.C14H21NOS/c1-23-13(21)8-24-12-7-11(10(17)6-9(12)16)18-14-19-4-2-3-5-20(19)15(22)25-14;1-3-10-15(11-4-2)14(16)17-12-13-8-6-5-7-9-13/h6-7H,2-5,8H2,1H3;5-9H,3-4,10-12H2,1-2H3. The van der Waals surface area contributed by atoms with Crippen molar-refractivity contribution in [3.8, 4) is 0 Å². The van der Waals surface area contributed by atoms with Crippen LogP contribution in [-0.4, -0.2) is 51.4 Å². The number of thioether (sulfide) groups is 2. The molecule has 0 atom stereocenters. The lowest BCUT2D eigenvalue weighted by molar-refractivity contribution is -0.137. The number of methoxy groups -OCH3 is 1. The van der Waals surface area contributed by atoms with Crippen molar-refractivity contribution in [1.29, 1.82) is 0 Å². The van der Waals surface area contributed by atoms with Crippen LogP contribution in [0.25, 0.3) is 0 Å². The molecular weight excluding hydrogens is 619 g/mol. The summed E-state index contributed by atoms with van der Waals surface area (Å²) in [7, 11) is 1.30. The van der Waals surface area contributed by atoms with Gasteiger partial charge in [-0.3, -0.25) is 19.1 Å². The van der Waals surface area contributed by atoms with Gasteiger partial charge in [0.25, 0.3) is 5.24 Å². The number of ether oxygens (including phenoxy) is 1. The van der Waals surface area contributed by atoms with Gasteiger partial charge in [-0.15, -0.1) is 11.8 Å². The van der Waals surface area contributed by atoms with Crippen molar-refractivity contribution in [2.45, 2.75) is 63.3 Å². The largest absolute Gasteiger partial charge is 0.468 e. The molecule has 0 radical (unpaired) electrons. The maximum Gasteiger partial charge on any atom is 0.325 e. The fourth-order valence-corrected chi connectivity index (χ4v) is 6.91. The molecule has 1 aromatic heterocycles. The highest BCUT2D eigenvalue weighted by Gasteiger charge is 2.15. The summed E-state index contributed by atoms with van der Waals surface area (Å²) in [6.07, 6.45) is 3.95. The van der Waals surface area contributed by atoms with Crippen LogP contribution in [0.3, 0.4) is 0 Å². The van der Waals surface area contributed by atoms with Gasteiger partial charge in [-0.05, 0) is 54.7 Å². The first-order chi connectivity index (χ1) is 20.3. The zero-order valence-corrected chi connectivity index (χ0v) is 27.2. The molecular formula is C29H36ClFN4O4S3. The summed E-state index contributed by atoms with van der Waals surface area (Å²) < 4.78 is 22.3. The minimum absolute atomic E-state index is 0.0605. The number of benzene rings is 2. The summed E-state index contributed by atoms with van der Waals surface area (Å²) >= 11 is 9.58. The molecule has 0 aliphatic carbocycles. The van der Waals surface area contributed by atoms with Gasteiger partial charge in [0.2, 0.25) is 4.80 Å². The van der Waals surface area contributed by atoms with Crippen molar-refractivity contribution in [2.75, 3.05) is 26.0 Å². The molecule has 42 heavy (non-hydrogen) atoms. The molecule has 0 saturated heterocycles. The van der Waals surface area contributed by atoms with Crippen LogP contribution in [0.4, 0.5) is 14.9 Å². The Morgan fingerprint density at radius 3 is 2.40 bits per heavy atom. The van der Waals surface area contributed by atoms with Crippen molar-refractivity contribution in [3.05, 3.63) is 73.3 Å². The Bertz CT molecular complexity index is 1450. The van der Waals surface area contributed by atoms with E-state index in [0.717, 1.165) is 73.7 Å². The molecule has 0 fully saturated rings. The second-order valence-electron chi connectivity index (χ2n) is 9.34. The highest BCUT2D eigenvalue weighted by atomic mass is 35.5. The summed E-state index contributed by atoms with van der Waals surface area (Å²) in [5.74, 6) is -0.156. The molecule has 1 aliphatic rings. The van der Waals surface area contributed by atoms with Crippen molar-refractivity contribution in [2.24, 2.45) is 4.99 Å². The van der Waals surface area contributed by atoms with Crippen LogP contribution < -0.4 is 9.67 Å². The zero-order chi connectivity index (χ0) is 30.5. The number of fused-ring (bicyclic) bond motifs is 1. The summed E-state index contributed by atoms with van der Waals surface area (Å²) in [6.45, 7) is 7.28. The number of aromatic nitrogens is 2. The summed E-state index contributed by atoms with van der Waals surface area (Å²) in [5.41, 5.74) is 1.29. The third kappa shape index (κ3) is 10.0. The molecule has 3 aromatic rings. The maximum absolute atomic E-state index is 14.3. The first-order valence-corrected chi connectivity index (χ1v) is 16.9. The molecule has 0 unspecified atom stereocenters. The average Bonchev–Trinajstić information content (AvgIpc) is 3.32. The second kappa shape index (κ2) is 17.5. The Morgan fingerprint density at radius 1 is 1.10 bits per heavy atom. The highest BCUT2D eigenvalue weighted by Crippen LogP contribution is 2.33. The minimum atomic E-state index is -0.580. The molecule has 1 aliphatic heterocycles. The van der Waals surface area contributed by atoms with Gasteiger partial charge in [-0.25, -0.2) is 14.1 Å². The number of esters is 1. The summed E-state index contributed by atoms with van der Waals surface area (Å²) in [5, 5.41) is 0.405. The first kappa shape index (κ1) is 34.0. The van der Waals surface area contributed by atoms with Crippen LogP contribution in [0.15, 0.2) is 57.1 Å². The quantitative estimate of drug-likeness (QED) is 0.174. The lowest BCUT2D eigenvalue weighted by atomic mass is 10.2. The van der Waals surface area contributed by atoms with Crippen molar-refractivity contribution in [1.82, 2.24) is 14.3 Å². The van der Waals surface area contributed by atoms with Gasteiger partial charge in [-0.2, -0.15) is 0 Å². The van der Waals surface area contributed by atoms with Gasteiger partial charge < -0.3 is 9.64 Å². The van der Waals surface area contributed by atoms with Crippen LogP contribution in [0.5, 0.6) is 0 Å². The first-order valence-electron chi connectivity index (χ1n) is 13.8. The van der Waals surface area contributed by atoms with E-state index in [1.807, 2.05) is 23.1 Å². The SMILES string of the molecule is CCCN(CCC)C(=O)SCc1ccccc1.COC(=O)CSc1cc(N=c2sc(=O)n3n2CCCC3)c(F)cc1Cl. The number of amides is 1. The molecule has 8 nitrogen and oxygen atoms in total. The van der Waals surface area contributed by atoms with Crippen LogP contribution in [0.2, 0.25) is 5.02 Å². The van der Waals surface area contributed by atoms with E-state index in [1.165, 1.54) is 30.5 Å². The molecule has 0 N–H and O–H groups in total. The molecule has 2 aromatic carbocycles. The normalized spacial score (nSPS) is 12.7. The average molecular weight is 655 g/mol. The number of carbonyl (C=O) groups excluding carboxylic acids is 2. The number of hydrogen-bond acceptors (Lipinski definition) is 8. The third-order valence-corrected chi connectivity index (χ3v) is 9.44. The number of hydrogen-bond donors (Lipinski definition) is 0. The van der Waals surface area contributed by atoms with E-state index in [0.29, 0.717) is 22.8 Å². The molecule has 0 saturated carbocycles. The zero-order valence-electron chi connectivity index (χ0n) is 24.0. The minimum Gasteiger partial charge on any atom is -0.468 e. The number of nitrogens with zero attached hydrogens (tertiary/aromatic N) is 4. The topological polar surface area (TPSA) is 85.9 Å². The Kier molecular flexibility index (Phi) is 14.2. The van der Waals surface area contributed by atoms with Gasteiger partial charge in [-0.1, -0.05) is 67.5 Å². The Labute approximate surface area is 262 Å². The van der Waals surface area contributed by atoms with Crippen molar-refractivity contribution in [3.63, 3.8) is 0 Å². The highest BCUT2D eigenvalue weighted by molar-refractivity contribution is 8.12. The Hall–Kier alpha value is -2.54. The van der Waals surface area contributed by atoms with Gasteiger partial charge in [0.15, 0.2) is 0 Å². The number of carbonyl (C=O) groups is 2. The molecule has 228 valence electrons. The van der Waals surface area contributed by atoms with E-state index < -0.39 is 11.8 Å². The third-order valence-electron chi connectivity index (χ3n) is 6.13. The molecule has 0 bridgehead atoms. The van der Waals surface area contributed by atoms with E-state index in [1.54, 1.807) is 9.36 Å². The predicted octanol–water partition coefficient (Wildman–Crippen LogP) is 6.96. The summed E-state index contributed by atoms with van der Waals surface area (Å²) in [4.78, 5) is 42.4. The van der Waals surface area contributed by atoms with Crippen molar-refractivity contribution < 1.29 is 18.7 Å². The fraction of sp³-hybridized carbons (Fsp3) is 0.448. The Balaban J connectivity index is 0.000000250. The molecule has 13 heteroatoms. The lowest BCUT2D eigenvalue weighted by Crippen LogP contribution is -2.31. The van der Waals surface area contributed by atoms with E-state index in [-0.39, 0.29) is 26.6 Å². The van der Waals surface area contributed by atoms with Crippen LogP contribution >= 0.6 is 46.5 Å². The van der Waals surface area contributed by atoms with Gasteiger partial charge in [0, 0.05) is 36.8 Å². The number of halogens is 2. The Morgan fingerprint density at radius 2 is 1.76 bits per heavy atom. The van der Waals surface area contributed by atoms with Gasteiger partial charge in [0.1, 0.15) is 11.5 Å². The van der Waals surface area contributed by atoms with E-state index in [2.05, 4.69) is 35.7 Å². The van der Waals surface area contributed by atoms with E-state index in [9.17, 15) is 18.8 Å². The predicted molar refractivity (Wildman–Crippen MR) is 170 cm³/mol. The molecule has 4 rings (SSSR count). The van der Waals surface area contributed by atoms with E-state index in [4.69, 9.17) is 11.6 Å². The van der Waals surface area contributed by atoms with Crippen molar-refractivity contribution >= 4 is 63.4 Å². The molecule has 0 spiro atoms. The van der Waals surface area contributed by atoms with Crippen LogP contribution in [0, 0.1) is 5.82 Å². The van der Waals surface area contributed by atoms with Crippen LogP contribution in [-0.2, 0) is 28.4 Å². The van der Waals surface area contributed by atoms with Gasteiger partial charge in [0.05, 0.1) is 17.9 Å². The maximum atomic E-state index is 14.3. The van der Waals surface area contributed by atoms with Gasteiger partial charge >= 0.3 is 10.8 Å². The van der Waals surface area contributed by atoms with E-state index >= 15 is 0 Å². The molecule has 1 amide bonds. The number of rotatable bonds is 10. The lowest BCUT2D eigenvalue weighted by Gasteiger charge is -2.20. The smallest absolute Gasteiger partial charge is 0.325 e. The van der Waals surface area contributed by atoms with Crippen LogP contribution in [0.1, 0.15) is 45.1 Å². The molecule has 2 heterocycles.